The fraction of sp³-hybridized carbons (Fsp3) is 0.324. The Balaban J connectivity index is 1.35. The molecule has 220 valence electrons. The number of anilines is 1. The maximum atomic E-state index is 13.4. The molecular formula is C34H37N7O2. The van der Waals surface area contributed by atoms with E-state index in [1.807, 2.05) is 43.6 Å². The van der Waals surface area contributed by atoms with Gasteiger partial charge in [0.1, 0.15) is 17.4 Å². The van der Waals surface area contributed by atoms with Gasteiger partial charge >= 0.3 is 0 Å². The van der Waals surface area contributed by atoms with Crippen LogP contribution in [0, 0.1) is 13.8 Å². The summed E-state index contributed by atoms with van der Waals surface area (Å²) in [6.45, 7) is 8.67. The first-order valence-corrected chi connectivity index (χ1v) is 14.8. The van der Waals surface area contributed by atoms with Crippen molar-refractivity contribution in [2.24, 2.45) is 7.05 Å². The number of pyridine rings is 2. The number of rotatable bonds is 8. The van der Waals surface area contributed by atoms with Gasteiger partial charge in [-0.2, -0.15) is 0 Å². The van der Waals surface area contributed by atoms with Crippen LogP contribution in [0.3, 0.4) is 0 Å². The summed E-state index contributed by atoms with van der Waals surface area (Å²) in [5, 5.41) is 11.7. The van der Waals surface area contributed by atoms with Gasteiger partial charge in [-0.25, -0.2) is 4.68 Å². The molecule has 4 heterocycles. The van der Waals surface area contributed by atoms with Crippen molar-refractivity contribution in [1.82, 2.24) is 29.9 Å². The summed E-state index contributed by atoms with van der Waals surface area (Å²) in [6, 6.07) is 18.4. The van der Waals surface area contributed by atoms with E-state index >= 15 is 0 Å². The van der Waals surface area contributed by atoms with Crippen molar-refractivity contribution < 1.29 is 9.53 Å². The average molecular weight is 576 g/mol. The smallest absolute Gasteiger partial charge is 0.225 e. The van der Waals surface area contributed by atoms with E-state index in [1.54, 1.807) is 17.1 Å². The normalized spacial score (nSPS) is 15.9. The molecule has 9 heteroatoms. The molecule has 0 bridgehead atoms. The van der Waals surface area contributed by atoms with Crippen molar-refractivity contribution in [3.05, 3.63) is 107 Å². The number of benzene rings is 2. The molecule has 0 spiro atoms. The van der Waals surface area contributed by atoms with E-state index in [1.165, 1.54) is 11.1 Å². The van der Waals surface area contributed by atoms with Crippen molar-refractivity contribution in [1.29, 1.82) is 0 Å². The van der Waals surface area contributed by atoms with E-state index in [4.69, 9.17) is 4.74 Å². The van der Waals surface area contributed by atoms with E-state index < -0.39 is 0 Å². The van der Waals surface area contributed by atoms with Gasteiger partial charge in [-0.05, 0) is 78.4 Å². The number of aryl methyl sites for hydroxylation is 3. The van der Waals surface area contributed by atoms with Gasteiger partial charge in [0.15, 0.2) is 0 Å². The Labute approximate surface area is 251 Å². The Morgan fingerprint density at radius 2 is 1.98 bits per heavy atom. The molecule has 0 aliphatic carbocycles. The Morgan fingerprint density at radius 1 is 1.12 bits per heavy atom. The predicted molar refractivity (Wildman–Crippen MR) is 167 cm³/mol. The number of nitrogens with zero attached hydrogens (tertiary/aromatic N) is 6. The summed E-state index contributed by atoms with van der Waals surface area (Å²) in [5.41, 5.74) is 9.08. The summed E-state index contributed by atoms with van der Waals surface area (Å²) < 4.78 is 8.08. The highest BCUT2D eigenvalue weighted by Crippen LogP contribution is 2.35. The number of hydrogen-bond donors (Lipinski definition) is 1. The first-order chi connectivity index (χ1) is 20.9. The topological polar surface area (TPSA) is 98.1 Å². The second-order valence-electron chi connectivity index (χ2n) is 11.4. The van der Waals surface area contributed by atoms with Crippen LogP contribution in [0.1, 0.15) is 59.2 Å². The second-order valence-corrected chi connectivity index (χ2v) is 11.4. The van der Waals surface area contributed by atoms with Crippen molar-refractivity contribution in [2.45, 2.75) is 58.7 Å². The Bertz CT molecular complexity index is 1750. The Kier molecular flexibility index (Phi) is 8.16. The molecule has 1 aliphatic heterocycles. The zero-order valence-electron chi connectivity index (χ0n) is 25.1. The van der Waals surface area contributed by atoms with Gasteiger partial charge in [-0.1, -0.05) is 36.4 Å². The first-order valence-electron chi connectivity index (χ1n) is 14.8. The van der Waals surface area contributed by atoms with Gasteiger partial charge in [-0.3, -0.25) is 19.7 Å². The van der Waals surface area contributed by atoms with Gasteiger partial charge in [0, 0.05) is 51.4 Å². The molecule has 0 saturated heterocycles. The van der Waals surface area contributed by atoms with Crippen LogP contribution in [0.4, 0.5) is 5.69 Å². The summed E-state index contributed by atoms with van der Waals surface area (Å²) in [7, 11) is 1.89. The molecular weight excluding hydrogens is 538 g/mol. The molecule has 1 N–H and O–H groups in total. The van der Waals surface area contributed by atoms with E-state index in [-0.39, 0.29) is 24.3 Å². The molecule has 2 atom stereocenters. The van der Waals surface area contributed by atoms with Crippen LogP contribution < -0.4 is 10.1 Å². The maximum Gasteiger partial charge on any atom is 0.225 e. The Morgan fingerprint density at radius 3 is 2.79 bits per heavy atom. The summed E-state index contributed by atoms with van der Waals surface area (Å²) >= 11 is 0. The zero-order valence-corrected chi connectivity index (χ0v) is 25.1. The van der Waals surface area contributed by atoms with Gasteiger partial charge < -0.3 is 10.1 Å². The van der Waals surface area contributed by atoms with Crippen molar-refractivity contribution in [3.8, 4) is 5.75 Å². The largest absolute Gasteiger partial charge is 0.487 e. The van der Waals surface area contributed by atoms with Crippen LogP contribution in [-0.2, 0) is 24.9 Å². The van der Waals surface area contributed by atoms with Crippen LogP contribution in [0.15, 0.2) is 73.2 Å². The summed E-state index contributed by atoms with van der Waals surface area (Å²) in [4.78, 5) is 24.6. The number of nitrogens with one attached hydrogen (secondary N) is 1. The van der Waals surface area contributed by atoms with E-state index in [9.17, 15) is 4.79 Å². The third-order valence-electron chi connectivity index (χ3n) is 8.39. The zero-order chi connectivity index (χ0) is 29.9. The molecule has 2 aromatic carbocycles. The number of carbonyl (C=O) groups is 1. The lowest BCUT2D eigenvalue weighted by Gasteiger charge is -2.25. The van der Waals surface area contributed by atoms with Crippen molar-refractivity contribution >= 4 is 22.6 Å². The highest BCUT2D eigenvalue weighted by molar-refractivity contribution is 5.91. The minimum atomic E-state index is -0.180. The third kappa shape index (κ3) is 6.12. The predicted octanol–water partition coefficient (Wildman–Crippen LogP) is 5.71. The number of carbonyl (C=O) groups excluding carboxylic acids is 1. The van der Waals surface area contributed by atoms with Crippen LogP contribution in [-0.4, -0.2) is 48.4 Å². The quantitative estimate of drug-likeness (QED) is 0.253. The fourth-order valence-electron chi connectivity index (χ4n) is 5.95. The number of aromatic nitrogens is 5. The van der Waals surface area contributed by atoms with E-state index in [2.05, 4.69) is 75.5 Å². The molecule has 0 saturated carbocycles. The highest BCUT2D eigenvalue weighted by atomic mass is 16.5. The molecule has 43 heavy (non-hydrogen) atoms. The molecule has 9 nitrogen and oxygen atoms in total. The lowest BCUT2D eigenvalue weighted by atomic mass is 9.84. The van der Waals surface area contributed by atoms with Gasteiger partial charge in [0.05, 0.1) is 23.1 Å². The minimum absolute atomic E-state index is 0.0723. The van der Waals surface area contributed by atoms with Gasteiger partial charge in [0.2, 0.25) is 5.91 Å². The van der Waals surface area contributed by atoms with Crippen molar-refractivity contribution in [2.75, 3.05) is 11.9 Å². The van der Waals surface area contributed by atoms with Crippen LogP contribution >= 0.6 is 0 Å². The van der Waals surface area contributed by atoms with E-state index in [0.717, 1.165) is 65.2 Å². The minimum Gasteiger partial charge on any atom is -0.487 e. The number of fused-ring (bicyclic) bond motifs is 2. The first kappa shape index (κ1) is 28.5. The molecule has 5 aromatic rings. The molecule has 0 radical (unpaired) electrons. The van der Waals surface area contributed by atoms with Crippen LogP contribution in [0.2, 0.25) is 0 Å². The maximum absolute atomic E-state index is 13.4. The van der Waals surface area contributed by atoms with Gasteiger partial charge in [0.25, 0.3) is 0 Å². The average Bonchev–Trinajstić information content (AvgIpc) is 3.29. The fourth-order valence-corrected chi connectivity index (χ4v) is 5.95. The summed E-state index contributed by atoms with van der Waals surface area (Å²) in [6.07, 6.45) is 6.48. The monoisotopic (exact) mass is 575 g/mol. The van der Waals surface area contributed by atoms with Crippen LogP contribution in [0.25, 0.3) is 11.0 Å². The van der Waals surface area contributed by atoms with E-state index in [0.29, 0.717) is 5.69 Å². The van der Waals surface area contributed by atoms with Crippen LogP contribution in [0.5, 0.6) is 5.75 Å². The molecule has 0 unspecified atom stereocenters. The number of ether oxygens (including phenoxy) is 1. The summed E-state index contributed by atoms with van der Waals surface area (Å²) in [5.74, 6) is 0.620. The lowest BCUT2D eigenvalue weighted by Crippen LogP contribution is -2.32. The lowest BCUT2D eigenvalue weighted by molar-refractivity contribution is -0.116. The molecule has 0 fully saturated rings. The standard InChI is InChI=1S/C34H37N7O2/c1-5-27-20-41(21-30-32(43-27)9-7-15-36-30)19-25-16-24(11-10-22(25)2)29(17-33(42)37-26-8-6-14-35-18-26)28-12-13-31-34(23(28)3)38-39-40(31)4/h6-16,18,27,29H,5,17,19-21H2,1-4H3,(H,37,42)/t27-,29+/m1/s1. The third-order valence-corrected chi connectivity index (χ3v) is 8.39. The number of hydrogen-bond acceptors (Lipinski definition) is 7. The molecule has 6 rings (SSSR count). The van der Waals surface area contributed by atoms with Crippen molar-refractivity contribution in [3.63, 3.8) is 0 Å². The molecule has 3 aromatic heterocycles. The number of amides is 1. The highest BCUT2D eigenvalue weighted by Gasteiger charge is 2.26. The SMILES string of the molecule is CC[C@@H]1CN(Cc2cc([C@H](CC(=O)Nc3cccnc3)c3ccc4c(nnn4C)c3C)ccc2C)Cc2ncccc2O1. The Hall–Kier alpha value is -4.63. The molecule has 1 amide bonds. The van der Waals surface area contributed by atoms with Gasteiger partial charge in [-0.15, -0.1) is 5.10 Å². The second kappa shape index (κ2) is 12.3. The molecule has 1 aliphatic rings.